The molecule has 7 nitrogen and oxygen atoms in total. The average molecular weight is 346 g/mol. The molecule has 0 spiro atoms. The molecule has 0 radical (unpaired) electrons. The maximum atomic E-state index is 13.0. The molecule has 1 aromatic rings. The number of nitrogens with two attached hydrogens (primary N) is 1. The van der Waals surface area contributed by atoms with Gasteiger partial charge in [0.2, 0.25) is 10.0 Å². The van der Waals surface area contributed by atoms with Crippen LogP contribution in [0.25, 0.3) is 0 Å². The van der Waals surface area contributed by atoms with E-state index in [2.05, 4.69) is 0 Å². The molecule has 132 valence electrons. The van der Waals surface area contributed by atoms with E-state index >= 15 is 0 Å². The Kier molecular flexibility index (Phi) is 6.26. The van der Waals surface area contributed by atoms with Crippen molar-refractivity contribution in [2.45, 2.75) is 18.7 Å². The van der Waals surface area contributed by atoms with Gasteiger partial charge in [0.25, 0.3) is 0 Å². The summed E-state index contributed by atoms with van der Waals surface area (Å²) >= 11 is 0. The molecule has 0 atom stereocenters. The number of ether oxygens (including phenoxy) is 3. The molecule has 0 bridgehead atoms. The van der Waals surface area contributed by atoms with Crippen LogP contribution < -0.4 is 19.9 Å². The van der Waals surface area contributed by atoms with Gasteiger partial charge in [0, 0.05) is 25.7 Å². The molecular formula is C15H26N2O5S. The van der Waals surface area contributed by atoms with E-state index in [-0.39, 0.29) is 28.4 Å². The smallest absolute Gasteiger partial charge is 0.250 e. The Morgan fingerprint density at radius 3 is 1.91 bits per heavy atom. The number of hydrogen-bond donors (Lipinski definition) is 1. The third kappa shape index (κ3) is 4.27. The van der Waals surface area contributed by atoms with E-state index in [0.717, 1.165) is 0 Å². The lowest BCUT2D eigenvalue weighted by molar-refractivity contribution is 0.289. The van der Waals surface area contributed by atoms with Gasteiger partial charge >= 0.3 is 0 Å². The Morgan fingerprint density at radius 2 is 1.57 bits per heavy atom. The van der Waals surface area contributed by atoms with Crippen molar-refractivity contribution in [3.8, 4) is 17.2 Å². The summed E-state index contributed by atoms with van der Waals surface area (Å²) in [6, 6.07) is 3.02. The maximum absolute atomic E-state index is 13.0. The van der Waals surface area contributed by atoms with Gasteiger partial charge in [0.15, 0.2) is 4.90 Å². The van der Waals surface area contributed by atoms with Gasteiger partial charge in [-0.05, 0) is 12.0 Å². The zero-order valence-corrected chi connectivity index (χ0v) is 15.4. The predicted octanol–water partition coefficient (Wildman–Crippen LogP) is 1.32. The summed E-state index contributed by atoms with van der Waals surface area (Å²) in [6.07, 6.45) is 0. The van der Waals surface area contributed by atoms with Crippen LogP contribution in [0, 0.1) is 5.41 Å². The molecule has 0 fully saturated rings. The van der Waals surface area contributed by atoms with Crippen LogP contribution in [0.3, 0.4) is 0 Å². The zero-order valence-electron chi connectivity index (χ0n) is 14.5. The van der Waals surface area contributed by atoms with Gasteiger partial charge in [0.05, 0.1) is 21.3 Å². The minimum Gasteiger partial charge on any atom is -0.496 e. The second-order valence-electron chi connectivity index (χ2n) is 5.99. The molecule has 0 aliphatic carbocycles. The molecule has 8 heteroatoms. The Hall–Kier alpha value is -1.51. The molecule has 0 aliphatic rings. The first-order valence-electron chi connectivity index (χ1n) is 7.09. The van der Waals surface area contributed by atoms with Crippen molar-refractivity contribution in [2.24, 2.45) is 11.1 Å². The van der Waals surface area contributed by atoms with E-state index in [1.165, 1.54) is 44.8 Å². The van der Waals surface area contributed by atoms with E-state index in [1.807, 2.05) is 13.8 Å². The maximum Gasteiger partial charge on any atom is 0.250 e. The number of methoxy groups -OCH3 is 3. The van der Waals surface area contributed by atoms with E-state index in [1.54, 1.807) is 0 Å². The van der Waals surface area contributed by atoms with Gasteiger partial charge in [-0.15, -0.1) is 0 Å². The van der Waals surface area contributed by atoms with Crippen molar-refractivity contribution >= 4 is 10.0 Å². The van der Waals surface area contributed by atoms with Gasteiger partial charge in [-0.1, -0.05) is 13.8 Å². The van der Waals surface area contributed by atoms with Crippen molar-refractivity contribution in [3.63, 3.8) is 0 Å². The minimum atomic E-state index is -3.82. The molecule has 0 heterocycles. The molecule has 1 rings (SSSR count). The highest BCUT2D eigenvalue weighted by Gasteiger charge is 2.33. The van der Waals surface area contributed by atoms with Crippen LogP contribution in [0.4, 0.5) is 0 Å². The summed E-state index contributed by atoms with van der Waals surface area (Å²) in [6.45, 7) is 4.44. The summed E-state index contributed by atoms with van der Waals surface area (Å²) in [4.78, 5) is -0.0291. The van der Waals surface area contributed by atoms with Crippen LogP contribution in [0.15, 0.2) is 17.0 Å². The third-order valence-corrected chi connectivity index (χ3v) is 5.41. The summed E-state index contributed by atoms with van der Waals surface area (Å²) in [5, 5.41) is 0. The molecule has 0 saturated carbocycles. The fraction of sp³-hybridized carbons (Fsp3) is 0.600. The highest BCUT2D eigenvalue weighted by molar-refractivity contribution is 7.89. The molecule has 0 aromatic heterocycles. The van der Waals surface area contributed by atoms with Crippen LogP contribution >= 0.6 is 0 Å². The predicted molar refractivity (Wildman–Crippen MR) is 88.7 cm³/mol. The van der Waals surface area contributed by atoms with Gasteiger partial charge in [-0.3, -0.25) is 0 Å². The zero-order chi connectivity index (χ0) is 17.8. The Morgan fingerprint density at radius 1 is 1.09 bits per heavy atom. The number of rotatable bonds is 8. The van der Waals surface area contributed by atoms with Gasteiger partial charge < -0.3 is 19.9 Å². The number of benzene rings is 1. The lowest BCUT2D eigenvalue weighted by Crippen LogP contribution is -2.39. The molecule has 0 amide bonds. The minimum absolute atomic E-state index is 0.0291. The lowest BCUT2D eigenvalue weighted by Gasteiger charge is -2.29. The Labute approximate surface area is 138 Å². The molecule has 1 aromatic carbocycles. The SMILES string of the molecule is COc1cc(OC)c(S(=O)(=O)N(C)CC(C)(C)CN)c(OC)c1. The van der Waals surface area contributed by atoms with E-state index in [4.69, 9.17) is 19.9 Å². The Balaban J connectivity index is 3.42. The van der Waals surface area contributed by atoms with Crippen LogP contribution in [0.5, 0.6) is 17.2 Å². The topological polar surface area (TPSA) is 91.1 Å². The highest BCUT2D eigenvalue weighted by atomic mass is 32.2. The first-order chi connectivity index (χ1) is 10.6. The van der Waals surface area contributed by atoms with Gasteiger partial charge in [-0.2, -0.15) is 0 Å². The molecule has 0 unspecified atom stereocenters. The second-order valence-corrected chi connectivity index (χ2v) is 7.97. The molecule has 23 heavy (non-hydrogen) atoms. The molecule has 2 N–H and O–H groups in total. The van der Waals surface area contributed by atoms with Crippen LogP contribution in [0.2, 0.25) is 0 Å². The molecule has 0 aliphatic heterocycles. The summed E-state index contributed by atoms with van der Waals surface area (Å²) < 4.78 is 42.8. The lowest BCUT2D eigenvalue weighted by atomic mass is 9.94. The summed E-state index contributed by atoms with van der Waals surface area (Å²) in [5.41, 5.74) is 5.35. The summed E-state index contributed by atoms with van der Waals surface area (Å²) in [5.74, 6) is 0.778. The fourth-order valence-corrected chi connectivity index (χ4v) is 3.76. The third-order valence-electron chi connectivity index (χ3n) is 3.54. The normalized spacial score (nSPS) is 12.3. The highest BCUT2D eigenvalue weighted by Crippen LogP contribution is 2.39. The van der Waals surface area contributed by atoms with Crippen molar-refractivity contribution in [3.05, 3.63) is 12.1 Å². The number of sulfonamides is 1. The van der Waals surface area contributed by atoms with Crippen molar-refractivity contribution in [2.75, 3.05) is 41.5 Å². The van der Waals surface area contributed by atoms with Crippen LogP contribution in [-0.4, -0.2) is 54.2 Å². The fourth-order valence-electron chi connectivity index (χ4n) is 2.14. The first kappa shape index (κ1) is 19.5. The number of hydrogen-bond acceptors (Lipinski definition) is 6. The number of nitrogens with zero attached hydrogens (tertiary/aromatic N) is 1. The van der Waals surface area contributed by atoms with Crippen LogP contribution in [0.1, 0.15) is 13.8 Å². The summed E-state index contributed by atoms with van der Waals surface area (Å²) in [7, 11) is 1.97. The van der Waals surface area contributed by atoms with Crippen molar-refractivity contribution < 1.29 is 22.6 Å². The Bertz CT molecular complexity index is 618. The standard InChI is InChI=1S/C15H26N2O5S/c1-15(2,9-16)10-17(3)23(18,19)14-12(21-5)7-11(20-4)8-13(14)22-6/h7-8H,9-10,16H2,1-6H3. The second kappa shape index (κ2) is 7.37. The van der Waals surface area contributed by atoms with Gasteiger partial charge in [-0.25, -0.2) is 12.7 Å². The largest absolute Gasteiger partial charge is 0.496 e. The van der Waals surface area contributed by atoms with E-state index in [0.29, 0.717) is 12.3 Å². The first-order valence-corrected chi connectivity index (χ1v) is 8.53. The van der Waals surface area contributed by atoms with E-state index < -0.39 is 10.0 Å². The molecular weight excluding hydrogens is 320 g/mol. The monoisotopic (exact) mass is 346 g/mol. The van der Waals surface area contributed by atoms with E-state index in [9.17, 15) is 8.42 Å². The average Bonchev–Trinajstić information content (AvgIpc) is 2.52. The molecule has 0 saturated heterocycles. The van der Waals surface area contributed by atoms with Gasteiger partial charge in [0.1, 0.15) is 17.2 Å². The quantitative estimate of drug-likeness (QED) is 0.763. The van der Waals surface area contributed by atoms with Crippen LogP contribution in [-0.2, 0) is 10.0 Å². The van der Waals surface area contributed by atoms with Crippen molar-refractivity contribution in [1.82, 2.24) is 4.31 Å². The van der Waals surface area contributed by atoms with Crippen molar-refractivity contribution in [1.29, 1.82) is 0 Å².